The van der Waals surface area contributed by atoms with Gasteiger partial charge in [-0.15, -0.1) is 0 Å². The van der Waals surface area contributed by atoms with Gasteiger partial charge in [0.2, 0.25) is 6.29 Å². The molecule has 3 rings (SSSR count). The summed E-state index contributed by atoms with van der Waals surface area (Å²) in [5.74, 6) is 0.0312. The lowest BCUT2D eigenvalue weighted by atomic mass is 9.93. The quantitative estimate of drug-likeness (QED) is 0.555. The number of aliphatic hydroxyl groups is 1. The van der Waals surface area contributed by atoms with Crippen LogP contribution in [0.15, 0.2) is 66.4 Å². The summed E-state index contributed by atoms with van der Waals surface area (Å²) < 4.78 is 11.7. The van der Waals surface area contributed by atoms with Crippen LogP contribution in [-0.2, 0) is 20.7 Å². The number of carbonyl (C=O) groups is 1. The average Bonchev–Trinajstić information content (AvgIpc) is 2.78. The van der Waals surface area contributed by atoms with Gasteiger partial charge in [0, 0.05) is 30.5 Å². The molecule has 0 saturated carbocycles. The largest absolute Gasteiger partial charge is 0.459 e. The molecular formula is C24H28ClNO4. The fourth-order valence-electron chi connectivity index (χ4n) is 3.34. The van der Waals surface area contributed by atoms with Crippen molar-refractivity contribution in [2.24, 2.45) is 0 Å². The number of halogens is 1. The molecule has 6 heteroatoms. The topological polar surface area (TPSA) is 67.8 Å². The molecule has 5 nitrogen and oxygen atoms in total. The van der Waals surface area contributed by atoms with Gasteiger partial charge in [-0.1, -0.05) is 54.1 Å². The van der Waals surface area contributed by atoms with E-state index in [0.717, 1.165) is 18.4 Å². The lowest BCUT2D eigenvalue weighted by molar-refractivity contribution is -0.146. The Balaban J connectivity index is 1.64. The molecule has 0 aromatic heterocycles. The molecule has 160 valence electrons. The average molecular weight is 430 g/mol. The Morgan fingerprint density at radius 2 is 1.90 bits per heavy atom. The number of rotatable bonds is 10. The van der Waals surface area contributed by atoms with E-state index in [0.29, 0.717) is 31.0 Å². The van der Waals surface area contributed by atoms with Crippen LogP contribution in [0.4, 0.5) is 0 Å². The third-order valence-electron chi connectivity index (χ3n) is 4.98. The second-order valence-corrected chi connectivity index (χ2v) is 7.70. The Morgan fingerprint density at radius 1 is 1.13 bits per heavy atom. The van der Waals surface area contributed by atoms with Gasteiger partial charge >= 0.3 is 0 Å². The first kappa shape index (κ1) is 22.3. The normalized spacial score (nSPS) is 18.4. The van der Waals surface area contributed by atoms with Crippen molar-refractivity contribution in [2.75, 3.05) is 19.8 Å². The van der Waals surface area contributed by atoms with Crippen LogP contribution >= 0.6 is 11.6 Å². The number of allylic oxidation sites excluding steroid dienone is 1. The summed E-state index contributed by atoms with van der Waals surface area (Å²) in [7, 11) is 0. The van der Waals surface area contributed by atoms with Gasteiger partial charge in [0.1, 0.15) is 0 Å². The maximum atomic E-state index is 12.7. The summed E-state index contributed by atoms with van der Waals surface area (Å²) in [6.07, 6.45) is 4.13. The number of hydrogen-bond donors (Lipinski definition) is 2. The number of unbranched alkanes of at least 4 members (excludes halogenated alkanes) is 1. The monoisotopic (exact) mass is 429 g/mol. The van der Waals surface area contributed by atoms with Crippen LogP contribution in [0.5, 0.6) is 0 Å². The summed E-state index contributed by atoms with van der Waals surface area (Å²) in [6, 6.07) is 17.6. The first-order valence-electron chi connectivity index (χ1n) is 10.3. The molecule has 2 N–H and O–H groups in total. The summed E-state index contributed by atoms with van der Waals surface area (Å²) in [5.41, 5.74) is 2.22. The molecule has 0 unspecified atom stereocenters. The molecule has 0 radical (unpaired) electrons. The highest BCUT2D eigenvalue weighted by Gasteiger charge is 2.28. The van der Waals surface area contributed by atoms with Crippen molar-refractivity contribution in [3.05, 3.63) is 82.6 Å². The molecule has 0 aliphatic carbocycles. The zero-order valence-corrected chi connectivity index (χ0v) is 17.7. The van der Waals surface area contributed by atoms with Gasteiger partial charge in [0.15, 0.2) is 5.76 Å². The Morgan fingerprint density at radius 3 is 2.63 bits per heavy atom. The highest BCUT2D eigenvalue weighted by Crippen LogP contribution is 2.32. The Kier molecular flexibility index (Phi) is 8.75. The first-order chi connectivity index (χ1) is 14.7. The van der Waals surface area contributed by atoms with Crippen molar-refractivity contribution in [1.29, 1.82) is 0 Å². The minimum atomic E-state index is -0.510. The predicted octanol–water partition coefficient (Wildman–Crippen LogP) is 4.20. The van der Waals surface area contributed by atoms with Crippen molar-refractivity contribution in [2.45, 2.75) is 37.9 Å². The molecule has 30 heavy (non-hydrogen) atoms. The van der Waals surface area contributed by atoms with E-state index in [1.54, 1.807) is 0 Å². The third kappa shape index (κ3) is 6.87. The second kappa shape index (κ2) is 11.7. The molecule has 0 fully saturated rings. The number of nitrogens with one attached hydrogen (secondary N) is 1. The van der Waals surface area contributed by atoms with Gasteiger partial charge in [-0.05, 0) is 48.6 Å². The minimum absolute atomic E-state index is 0.00580. The molecule has 1 heterocycles. The number of carbonyl (C=O) groups excluding carboxylic acids is 1. The predicted molar refractivity (Wildman–Crippen MR) is 117 cm³/mol. The highest BCUT2D eigenvalue weighted by atomic mass is 35.5. The van der Waals surface area contributed by atoms with Crippen LogP contribution in [0.1, 0.15) is 36.3 Å². The van der Waals surface area contributed by atoms with Gasteiger partial charge in [-0.3, -0.25) is 4.79 Å². The van der Waals surface area contributed by atoms with Crippen LogP contribution in [0, 0.1) is 0 Å². The number of hydrogen-bond acceptors (Lipinski definition) is 4. The lowest BCUT2D eigenvalue weighted by Gasteiger charge is -2.29. The number of benzene rings is 2. The maximum Gasteiger partial charge on any atom is 0.286 e. The van der Waals surface area contributed by atoms with Crippen molar-refractivity contribution < 1.29 is 19.4 Å². The van der Waals surface area contributed by atoms with E-state index in [4.69, 9.17) is 26.2 Å². The molecule has 1 amide bonds. The van der Waals surface area contributed by atoms with Crippen molar-refractivity contribution in [3.63, 3.8) is 0 Å². The third-order valence-corrected chi connectivity index (χ3v) is 5.23. The number of amides is 1. The SMILES string of the molecule is O=C(NCCc1ccccc1)C1=C[C@@H](c2ccc(Cl)cc2)C[C@@H](OCCCCO)O1. The molecule has 1 aliphatic rings. The van der Waals surface area contributed by atoms with Crippen LogP contribution in [0.25, 0.3) is 0 Å². The van der Waals surface area contributed by atoms with Crippen LogP contribution in [0.2, 0.25) is 5.02 Å². The zero-order valence-electron chi connectivity index (χ0n) is 16.9. The molecule has 0 saturated heterocycles. The molecular weight excluding hydrogens is 402 g/mol. The van der Waals surface area contributed by atoms with Crippen molar-refractivity contribution >= 4 is 17.5 Å². The maximum absolute atomic E-state index is 12.7. The summed E-state index contributed by atoms with van der Waals surface area (Å²) in [6.45, 7) is 1.13. The summed E-state index contributed by atoms with van der Waals surface area (Å²) >= 11 is 6.02. The standard InChI is InChI=1S/C24H28ClNO4/c25-21-10-8-19(9-11-21)20-16-22(30-23(17-20)29-15-5-4-14-27)24(28)26-13-12-18-6-2-1-3-7-18/h1-3,6-11,16,20,23,27H,4-5,12-15,17H2,(H,26,28)/t20-,23+/m1/s1. The van der Waals surface area contributed by atoms with E-state index in [9.17, 15) is 4.79 Å². The molecule has 0 bridgehead atoms. The number of ether oxygens (including phenoxy) is 2. The van der Waals surface area contributed by atoms with Gasteiger partial charge in [0.25, 0.3) is 5.91 Å². The Bertz CT molecular complexity index is 823. The van der Waals surface area contributed by atoms with E-state index in [-0.39, 0.29) is 24.2 Å². The molecule has 0 spiro atoms. The zero-order chi connectivity index (χ0) is 21.2. The molecule has 2 aromatic rings. The number of aliphatic hydroxyl groups excluding tert-OH is 1. The smallest absolute Gasteiger partial charge is 0.286 e. The van der Waals surface area contributed by atoms with Crippen molar-refractivity contribution in [3.8, 4) is 0 Å². The fourth-order valence-corrected chi connectivity index (χ4v) is 3.47. The highest BCUT2D eigenvalue weighted by molar-refractivity contribution is 6.30. The second-order valence-electron chi connectivity index (χ2n) is 7.27. The van der Waals surface area contributed by atoms with E-state index in [1.165, 1.54) is 5.56 Å². The molecule has 1 aliphatic heterocycles. The van der Waals surface area contributed by atoms with Crippen molar-refractivity contribution in [1.82, 2.24) is 5.32 Å². The summed E-state index contributed by atoms with van der Waals surface area (Å²) in [4.78, 5) is 12.7. The van der Waals surface area contributed by atoms with Crippen LogP contribution < -0.4 is 5.32 Å². The minimum Gasteiger partial charge on any atom is -0.459 e. The van der Waals surface area contributed by atoms with Crippen LogP contribution in [0.3, 0.4) is 0 Å². The Labute approximate surface area is 182 Å². The molecule has 2 aromatic carbocycles. The van der Waals surface area contributed by atoms with E-state index >= 15 is 0 Å². The van der Waals surface area contributed by atoms with E-state index < -0.39 is 6.29 Å². The van der Waals surface area contributed by atoms with Gasteiger partial charge in [-0.25, -0.2) is 0 Å². The fraction of sp³-hybridized carbons (Fsp3) is 0.375. The van der Waals surface area contributed by atoms with Gasteiger partial charge < -0.3 is 19.9 Å². The van der Waals surface area contributed by atoms with Crippen LogP contribution in [-0.4, -0.2) is 37.1 Å². The lowest BCUT2D eigenvalue weighted by Crippen LogP contribution is -2.34. The first-order valence-corrected chi connectivity index (χ1v) is 10.7. The van der Waals surface area contributed by atoms with Gasteiger partial charge in [0.05, 0.1) is 6.61 Å². The molecule has 2 atom stereocenters. The van der Waals surface area contributed by atoms with E-state index in [1.807, 2.05) is 60.7 Å². The van der Waals surface area contributed by atoms with Gasteiger partial charge in [-0.2, -0.15) is 0 Å². The van der Waals surface area contributed by atoms with E-state index in [2.05, 4.69) is 5.32 Å². The Hall–Kier alpha value is -2.34. The summed E-state index contributed by atoms with van der Waals surface area (Å²) in [5, 5.41) is 12.5.